The summed E-state index contributed by atoms with van der Waals surface area (Å²) in [4.78, 5) is 39.3. The minimum absolute atomic E-state index is 0.112. The topological polar surface area (TPSA) is 97.6 Å². The van der Waals surface area contributed by atoms with E-state index >= 15 is 0 Å². The Morgan fingerprint density at radius 1 is 1.17 bits per heavy atom. The predicted molar refractivity (Wildman–Crippen MR) is 83.7 cm³/mol. The van der Waals surface area contributed by atoms with E-state index in [9.17, 15) is 14.4 Å². The van der Waals surface area contributed by atoms with Crippen LogP contribution in [-0.4, -0.2) is 28.3 Å². The quantitative estimate of drug-likeness (QED) is 0.864. The molecule has 0 unspecified atom stereocenters. The van der Waals surface area contributed by atoms with Crippen LogP contribution in [-0.2, 0) is 4.79 Å². The second-order valence-corrected chi connectivity index (χ2v) is 5.01. The van der Waals surface area contributed by atoms with Gasteiger partial charge in [-0.2, -0.15) is 4.73 Å². The number of pyridine rings is 1. The van der Waals surface area contributed by atoms with Crippen molar-refractivity contribution in [3.05, 3.63) is 63.6 Å². The lowest BCUT2D eigenvalue weighted by atomic mass is 10.1. The molecule has 1 aromatic carbocycles. The van der Waals surface area contributed by atoms with Gasteiger partial charge in [0.25, 0.3) is 11.5 Å². The van der Waals surface area contributed by atoms with Crippen LogP contribution < -0.4 is 15.7 Å². The van der Waals surface area contributed by atoms with Crippen LogP contribution in [0.3, 0.4) is 0 Å². The lowest BCUT2D eigenvalue weighted by molar-refractivity contribution is -0.120. The molecular formula is C16H16N2O5. The van der Waals surface area contributed by atoms with Crippen LogP contribution >= 0.6 is 0 Å². The monoisotopic (exact) mass is 316 g/mol. The van der Waals surface area contributed by atoms with Gasteiger partial charge in [-0.1, -0.05) is 6.07 Å². The van der Waals surface area contributed by atoms with Crippen LogP contribution in [0.25, 0.3) is 0 Å². The Kier molecular flexibility index (Phi) is 4.80. The number of benzene rings is 1. The van der Waals surface area contributed by atoms with Crippen molar-refractivity contribution in [2.75, 3.05) is 11.9 Å². The average molecular weight is 316 g/mol. The Labute approximate surface area is 132 Å². The Bertz CT molecular complexity index is 810. The number of aromatic nitrogens is 1. The summed E-state index contributed by atoms with van der Waals surface area (Å²) in [5.41, 5.74) is 2.09. The SMILES string of the molecule is Cc1ccc(NC(=O)COn2cc(C(=O)O)ccc2=O)cc1C. The number of amides is 1. The van der Waals surface area contributed by atoms with Crippen LogP contribution in [0.15, 0.2) is 41.3 Å². The van der Waals surface area contributed by atoms with E-state index in [4.69, 9.17) is 9.94 Å². The van der Waals surface area contributed by atoms with E-state index < -0.39 is 24.0 Å². The van der Waals surface area contributed by atoms with Crippen molar-refractivity contribution in [2.24, 2.45) is 0 Å². The molecule has 0 aliphatic rings. The van der Waals surface area contributed by atoms with Crippen molar-refractivity contribution in [1.29, 1.82) is 0 Å². The molecule has 0 bridgehead atoms. The molecule has 0 atom stereocenters. The first kappa shape index (κ1) is 16.3. The number of hydrogen-bond donors (Lipinski definition) is 2. The van der Waals surface area contributed by atoms with Gasteiger partial charge in [-0.05, 0) is 43.2 Å². The van der Waals surface area contributed by atoms with Crippen molar-refractivity contribution < 1.29 is 19.5 Å². The highest BCUT2D eigenvalue weighted by Gasteiger charge is 2.08. The number of rotatable bonds is 5. The van der Waals surface area contributed by atoms with E-state index in [1.165, 1.54) is 6.07 Å². The van der Waals surface area contributed by atoms with E-state index in [0.717, 1.165) is 28.1 Å². The first-order valence-corrected chi connectivity index (χ1v) is 6.83. The van der Waals surface area contributed by atoms with Crippen molar-refractivity contribution in [2.45, 2.75) is 13.8 Å². The zero-order valence-corrected chi connectivity index (χ0v) is 12.7. The third-order valence-electron chi connectivity index (χ3n) is 3.25. The molecule has 0 saturated carbocycles. The van der Waals surface area contributed by atoms with Gasteiger partial charge in [0, 0.05) is 11.8 Å². The number of aryl methyl sites for hydroxylation is 2. The summed E-state index contributed by atoms with van der Waals surface area (Å²) in [6.07, 6.45) is 1.02. The molecule has 0 spiro atoms. The molecule has 2 N–H and O–H groups in total. The molecule has 7 heteroatoms. The summed E-state index contributed by atoms with van der Waals surface area (Å²) < 4.78 is 0.726. The molecule has 0 aliphatic carbocycles. The molecule has 120 valence electrons. The number of hydrogen-bond acceptors (Lipinski definition) is 4. The fourth-order valence-electron chi connectivity index (χ4n) is 1.84. The molecule has 7 nitrogen and oxygen atoms in total. The number of nitrogens with one attached hydrogen (secondary N) is 1. The first-order valence-electron chi connectivity index (χ1n) is 6.83. The van der Waals surface area contributed by atoms with Gasteiger partial charge in [-0.15, -0.1) is 0 Å². The largest absolute Gasteiger partial charge is 0.478 e. The van der Waals surface area contributed by atoms with E-state index in [0.29, 0.717) is 5.69 Å². The lowest BCUT2D eigenvalue weighted by Gasteiger charge is -2.10. The average Bonchev–Trinajstić information content (AvgIpc) is 2.50. The molecular weight excluding hydrogens is 300 g/mol. The van der Waals surface area contributed by atoms with E-state index in [1.54, 1.807) is 6.07 Å². The highest BCUT2D eigenvalue weighted by Crippen LogP contribution is 2.13. The zero-order valence-electron chi connectivity index (χ0n) is 12.7. The Hall–Kier alpha value is -3.09. The lowest BCUT2D eigenvalue weighted by Crippen LogP contribution is -2.32. The summed E-state index contributed by atoms with van der Waals surface area (Å²) in [5, 5.41) is 11.5. The number of carbonyl (C=O) groups is 2. The zero-order chi connectivity index (χ0) is 17.0. The van der Waals surface area contributed by atoms with Gasteiger partial charge >= 0.3 is 5.97 Å². The Morgan fingerprint density at radius 3 is 2.57 bits per heavy atom. The molecule has 0 aliphatic heterocycles. The summed E-state index contributed by atoms with van der Waals surface area (Å²) in [7, 11) is 0. The molecule has 0 fully saturated rings. The maximum atomic E-state index is 11.8. The molecule has 1 amide bonds. The van der Waals surface area contributed by atoms with E-state index in [1.807, 2.05) is 26.0 Å². The van der Waals surface area contributed by atoms with Crippen molar-refractivity contribution in [3.8, 4) is 0 Å². The summed E-state index contributed by atoms with van der Waals surface area (Å²) in [6.45, 7) is 3.47. The smallest absolute Gasteiger partial charge is 0.337 e. The Balaban J connectivity index is 2.01. The van der Waals surface area contributed by atoms with E-state index in [2.05, 4.69) is 5.32 Å². The van der Waals surface area contributed by atoms with Crippen LogP contribution in [0, 0.1) is 13.8 Å². The van der Waals surface area contributed by atoms with Crippen LogP contribution in [0.5, 0.6) is 0 Å². The van der Waals surface area contributed by atoms with Gasteiger partial charge in [0.2, 0.25) is 0 Å². The predicted octanol–water partition coefficient (Wildman–Crippen LogP) is 1.23. The molecule has 0 radical (unpaired) electrons. The van der Waals surface area contributed by atoms with E-state index in [-0.39, 0.29) is 5.56 Å². The van der Waals surface area contributed by atoms with Crippen molar-refractivity contribution in [1.82, 2.24) is 4.73 Å². The number of anilines is 1. The van der Waals surface area contributed by atoms with Crippen LogP contribution in [0.2, 0.25) is 0 Å². The minimum atomic E-state index is -1.19. The van der Waals surface area contributed by atoms with Crippen LogP contribution in [0.4, 0.5) is 5.69 Å². The first-order chi connectivity index (χ1) is 10.9. The number of carboxylic acid groups (broad SMARTS) is 1. The molecule has 2 aromatic rings. The molecule has 1 aromatic heterocycles. The second kappa shape index (κ2) is 6.78. The Morgan fingerprint density at radius 2 is 1.91 bits per heavy atom. The number of carboxylic acids is 1. The maximum Gasteiger partial charge on any atom is 0.337 e. The summed E-state index contributed by atoms with van der Waals surface area (Å²) in [5.74, 6) is -1.65. The van der Waals surface area contributed by atoms with Gasteiger partial charge in [-0.25, -0.2) is 4.79 Å². The fourth-order valence-corrected chi connectivity index (χ4v) is 1.84. The standard InChI is InChI=1S/C16H16N2O5/c1-10-3-5-13(7-11(10)2)17-14(19)9-23-18-8-12(16(21)22)4-6-15(18)20/h3-8H,9H2,1-2H3,(H,17,19)(H,21,22). The third-order valence-corrected chi connectivity index (χ3v) is 3.25. The second-order valence-electron chi connectivity index (χ2n) is 5.01. The number of nitrogens with zero attached hydrogens (tertiary/aromatic N) is 1. The normalized spacial score (nSPS) is 10.2. The van der Waals surface area contributed by atoms with Gasteiger partial charge in [0.05, 0.1) is 11.8 Å². The van der Waals surface area contributed by atoms with Gasteiger partial charge in [0.15, 0.2) is 6.61 Å². The van der Waals surface area contributed by atoms with Gasteiger partial charge in [-0.3, -0.25) is 9.59 Å². The van der Waals surface area contributed by atoms with Crippen LogP contribution in [0.1, 0.15) is 21.5 Å². The molecule has 0 saturated heterocycles. The van der Waals surface area contributed by atoms with Crippen molar-refractivity contribution in [3.63, 3.8) is 0 Å². The molecule has 1 heterocycles. The van der Waals surface area contributed by atoms with Gasteiger partial charge in [0.1, 0.15) is 0 Å². The number of carbonyl (C=O) groups excluding carboxylic acids is 1. The minimum Gasteiger partial charge on any atom is -0.478 e. The highest BCUT2D eigenvalue weighted by molar-refractivity contribution is 5.91. The number of aromatic carboxylic acids is 1. The fraction of sp³-hybridized carbons (Fsp3) is 0.188. The maximum absolute atomic E-state index is 11.8. The molecule has 2 rings (SSSR count). The summed E-state index contributed by atoms with van der Waals surface area (Å²) >= 11 is 0. The van der Waals surface area contributed by atoms with Gasteiger partial charge < -0.3 is 15.3 Å². The van der Waals surface area contributed by atoms with Crippen molar-refractivity contribution >= 4 is 17.6 Å². The summed E-state index contributed by atoms with van der Waals surface area (Å²) in [6, 6.07) is 7.69. The highest BCUT2D eigenvalue weighted by atomic mass is 16.7. The molecule has 23 heavy (non-hydrogen) atoms. The third kappa shape index (κ3) is 4.19.